The molecule has 0 fully saturated rings. The number of hydrogen-bond donors (Lipinski definition) is 2. The Morgan fingerprint density at radius 2 is 1.71 bits per heavy atom. The van der Waals surface area contributed by atoms with E-state index in [0.717, 1.165) is 0 Å². The van der Waals surface area contributed by atoms with Crippen LogP contribution in [-0.4, -0.2) is 24.1 Å². The van der Waals surface area contributed by atoms with Crippen LogP contribution in [0.3, 0.4) is 0 Å². The Hall–Kier alpha value is -4.13. The molecule has 0 atom stereocenters. The second kappa shape index (κ2) is 10.1. The SMILES string of the molecule is COc1cc(/C=C(/NC(=O)c2ccccc2)C(=O)O)ccc1OCc1ccccc1F. The second-order valence-electron chi connectivity index (χ2n) is 6.47. The van der Waals surface area contributed by atoms with Gasteiger partial charge in [0.15, 0.2) is 11.5 Å². The number of methoxy groups -OCH3 is 1. The monoisotopic (exact) mass is 421 g/mol. The van der Waals surface area contributed by atoms with Crippen LogP contribution < -0.4 is 14.8 Å². The first-order valence-corrected chi connectivity index (χ1v) is 9.33. The van der Waals surface area contributed by atoms with E-state index in [0.29, 0.717) is 28.2 Å². The molecule has 0 saturated carbocycles. The fraction of sp³-hybridized carbons (Fsp3) is 0.0833. The number of rotatable bonds is 8. The van der Waals surface area contributed by atoms with Crippen LogP contribution in [0, 0.1) is 5.82 Å². The van der Waals surface area contributed by atoms with Crippen LogP contribution in [0.2, 0.25) is 0 Å². The maximum Gasteiger partial charge on any atom is 0.352 e. The lowest BCUT2D eigenvalue weighted by Crippen LogP contribution is -2.27. The van der Waals surface area contributed by atoms with E-state index in [1.807, 2.05) is 0 Å². The molecular formula is C24H20FNO5. The van der Waals surface area contributed by atoms with Gasteiger partial charge in [0.1, 0.15) is 18.1 Å². The van der Waals surface area contributed by atoms with Gasteiger partial charge >= 0.3 is 5.97 Å². The highest BCUT2D eigenvalue weighted by molar-refractivity contribution is 6.02. The van der Waals surface area contributed by atoms with Gasteiger partial charge in [-0.15, -0.1) is 0 Å². The maximum atomic E-state index is 13.8. The van der Waals surface area contributed by atoms with Crippen molar-refractivity contribution < 1.29 is 28.6 Å². The van der Waals surface area contributed by atoms with Gasteiger partial charge < -0.3 is 19.9 Å². The van der Waals surface area contributed by atoms with Crippen LogP contribution in [0.1, 0.15) is 21.5 Å². The van der Waals surface area contributed by atoms with Gasteiger partial charge in [-0.3, -0.25) is 4.79 Å². The van der Waals surface area contributed by atoms with Crippen molar-refractivity contribution in [3.05, 3.63) is 101 Å². The van der Waals surface area contributed by atoms with E-state index in [-0.39, 0.29) is 18.1 Å². The minimum atomic E-state index is -1.29. The van der Waals surface area contributed by atoms with Crippen molar-refractivity contribution in [3.8, 4) is 11.5 Å². The Balaban J connectivity index is 1.79. The predicted octanol–water partition coefficient (Wildman–Crippen LogP) is 4.27. The third kappa shape index (κ3) is 5.70. The number of ether oxygens (including phenoxy) is 2. The van der Waals surface area contributed by atoms with E-state index < -0.39 is 11.9 Å². The number of hydrogen-bond acceptors (Lipinski definition) is 4. The van der Waals surface area contributed by atoms with Gasteiger partial charge in [0, 0.05) is 11.1 Å². The smallest absolute Gasteiger partial charge is 0.352 e. The standard InChI is InChI=1S/C24H20FNO5/c1-30-22-14-16(11-12-21(22)31-15-18-9-5-6-10-19(18)25)13-20(24(28)29)26-23(27)17-7-3-2-4-8-17/h2-14H,15H2,1H3,(H,26,27)(H,28,29)/b20-13+. The van der Waals surface area contributed by atoms with Gasteiger partial charge in [-0.1, -0.05) is 42.5 Å². The number of amides is 1. The van der Waals surface area contributed by atoms with Crippen molar-refractivity contribution in [2.24, 2.45) is 0 Å². The lowest BCUT2D eigenvalue weighted by molar-refractivity contribution is -0.132. The molecule has 3 rings (SSSR count). The van der Waals surface area contributed by atoms with Gasteiger partial charge in [-0.2, -0.15) is 0 Å². The largest absolute Gasteiger partial charge is 0.493 e. The first kappa shape index (κ1) is 21.6. The van der Waals surface area contributed by atoms with Crippen LogP contribution in [-0.2, 0) is 11.4 Å². The molecule has 0 bridgehead atoms. The van der Waals surface area contributed by atoms with E-state index in [4.69, 9.17) is 9.47 Å². The average Bonchev–Trinajstić information content (AvgIpc) is 2.79. The summed E-state index contributed by atoms with van der Waals surface area (Å²) in [6, 6.07) is 19.3. The van der Waals surface area contributed by atoms with Crippen LogP contribution in [0.15, 0.2) is 78.5 Å². The summed E-state index contributed by atoms with van der Waals surface area (Å²) in [6.07, 6.45) is 1.31. The fourth-order valence-electron chi connectivity index (χ4n) is 2.77. The highest BCUT2D eigenvalue weighted by atomic mass is 19.1. The highest BCUT2D eigenvalue weighted by Gasteiger charge is 2.14. The third-order valence-electron chi connectivity index (χ3n) is 4.35. The number of carboxylic acid groups (broad SMARTS) is 1. The van der Waals surface area contributed by atoms with Crippen molar-refractivity contribution in [3.63, 3.8) is 0 Å². The number of carbonyl (C=O) groups excluding carboxylic acids is 1. The quantitative estimate of drug-likeness (QED) is 0.531. The Morgan fingerprint density at radius 1 is 1.00 bits per heavy atom. The normalized spacial score (nSPS) is 11.0. The first-order valence-electron chi connectivity index (χ1n) is 9.33. The molecule has 7 heteroatoms. The number of aliphatic carboxylic acids is 1. The lowest BCUT2D eigenvalue weighted by Gasteiger charge is -2.12. The maximum absolute atomic E-state index is 13.8. The minimum Gasteiger partial charge on any atom is -0.493 e. The van der Waals surface area contributed by atoms with E-state index >= 15 is 0 Å². The topological polar surface area (TPSA) is 84.9 Å². The number of benzene rings is 3. The molecule has 158 valence electrons. The van der Waals surface area contributed by atoms with E-state index in [1.165, 1.54) is 19.3 Å². The molecule has 1 amide bonds. The number of carboxylic acids is 1. The molecule has 0 spiro atoms. The molecule has 6 nitrogen and oxygen atoms in total. The molecule has 0 aliphatic carbocycles. The Bertz CT molecular complexity index is 1110. The molecular weight excluding hydrogens is 401 g/mol. The molecule has 0 aromatic heterocycles. The average molecular weight is 421 g/mol. The number of nitrogens with one attached hydrogen (secondary N) is 1. The zero-order chi connectivity index (χ0) is 22.2. The van der Waals surface area contributed by atoms with Gasteiger partial charge in [-0.05, 0) is 42.0 Å². The summed E-state index contributed by atoms with van der Waals surface area (Å²) in [4.78, 5) is 23.9. The van der Waals surface area contributed by atoms with Crippen LogP contribution in [0.4, 0.5) is 4.39 Å². The van der Waals surface area contributed by atoms with Gasteiger partial charge in [-0.25, -0.2) is 9.18 Å². The zero-order valence-corrected chi connectivity index (χ0v) is 16.7. The third-order valence-corrected chi connectivity index (χ3v) is 4.35. The lowest BCUT2D eigenvalue weighted by atomic mass is 10.1. The van der Waals surface area contributed by atoms with Crippen molar-refractivity contribution in [2.45, 2.75) is 6.61 Å². The summed E-state index contributed by atoms with van der Waals surface area (Å²) in [5.41, 5.74) is 0.909. The summed E-state index contributed by atoms with van der Waals surface area (Å²) in [5.74, 6) is -1.49. The summed E-state index contributed by atoms with van der Waals surface area (Å²) in [5, 5.41) is 11.9. The van der Waals surface area contributed by atoms with Crippen molar-refractivity contribution in [2.75, 3.05) is 7.11 Å². The second-order valence-corrected chi connectivity index (χ2v) is 6.47. The van der Waals surface area contributed by atoms with Crippen LogP contribution >= 0.6 is 0 Å². The van der Waals surface area contributed by atoms with Gasteiger partial charge in [0.05, 0.1) is 7.11 Å². The molecule has 3 aromatic carbocycles. The molecule has 2 N–H and O–H groups in total. The molecule has 0 radical (unpaired) electrons. The van der Waals surface area contributed by atoms with E-state index in [1.54, 1.807) is 66.7 Å². The zero-order valence-electron chi connectivity index (χ0n) is 16.7. The molecule has 0 aliphatic heterocycles. The van der Waals surface area contributed by atoms with Gasteiger partial charge in [0.25, 0.3) is 5.91 Å². The molecule has 0 unspecified atom stereocenters. The first-order chi connectivity index (χ1) is 15.0. The summed E-state index contributed by atoms with van der Waals surface area (Å²) >= 11 is 0. The Morgan fingerprint density at radius 3 is 2.39 bits per heavy atom. The minimum absolute atomic E-state index is 0.00568. The molecule has 0 saturated heterocycles. The van der Waals surface area contributed by atoms with Crippen molar-refractivity contribution >= 4 is 18.0 Å². The molecule has 31 heavy (non-hydrogen) atoms. The molecule has 0 aliphatic rings. The summed E-state index contributed by atoms with van der Waals surface area (Å²) in [7, 11) is 1.44. The summed E-state index contributed by atoms with van der Waals surface area (Å²) < 4.78 is 24.7. The van der Waals surface area contributed by atoms with Crippen LogP contribution in [0.25, 0.3) is 6.08 Å². The predicted molar refractivity (Wildman–Crippen MR) is 113 cm³/mol. The van der Waals surface area contributed by atoms with Crippen molar-refractivity contribution in [1.82, 2.24) is 5.32 Å². The molecule has 0 heterocycles. The Kier molecular flexibility index (Phi) is 7.01. The number of halogens is 1. The number of carbonyl (C=O) groups is 2. The summed E-state index contributed by atoms with van der Waals surface area (Å²) in [6.45, 7) is 0.00568. The van der Waals surface area contributed by atoms with Crippen LogP contribution in [0.5, 0.6) is 11.5 Å². The van der Waals surface area contributed by atoms with Gasteiger partial charge in [0.2, 0.25) is 0 Å². The Labute approximate surface area is 178 Å². The van der Waals surface area contributed by atoms with E-state index in [2.05, 4.69) is 5.32 Å². The molecule has 3 aromatic rings. The van der Waals surface area contributed by atoms with E-state index in [9.17, 15) is 19.1 Å². The fourth-order valence-corrected chi connectivity index (χ4v) is 2.77. The highest BCUT2D eigenvalue weighted by Crippen LogP contribution is 2.30. The van der Waals surface area contributed by atoms with Crippen molar-refractivity contribution in [1.29, 1.82) is 0 Å².